The highest BCUT2D eigenvalue weighted by Gasteiger charge is 2.50. The minimum atomic E-state index is -0.866. The number of likely N-dealkylation sites (tertiary alicyclic amines) is 1. The topological polar surface area (TPSA) is 66.8 Å². The van der Waals surface area contributed by atoms with Crippen LogP contribution in [0.4, 0.5) is 0 Å². The lowest BCUT2D eigenvalue weighted by Crippen LogP contribution is -2.44. The Hall–Kier alpha value is -2.04. The van der Waals surface area contributed by atoms with Crippen LogP contribution in [0.1, 0.15) is 37.7 Å². The molecule has 1 N–H and O–H groups in total. The zero-order chi connectivity index (χ0) is 16.6. The summed E-state index contributed by atoms with van der Waals surface area (Å²) in [7, 11) is 1.60. The summed E-state index contributed by atoms with van der Waals surface area (Å²) in [6, 6.07) is 6.73. The fourth-order valence-corrected chi connectivity index (χ4v) is 4.13. The van der Waals surface area contributed by atoms with Crippen molar-refractivity contribution < 1.29 is 19.4 Å². The maximum Gasteiger partial charge on any atom is 0.326 e. The Bertz CT molecular complexity index is 598. The highest BCUT2D eigenvalue weighted by atomic mass is 16.5. The maximum atomic E-state index is 12.9. The van der Waals surface area contributed by atoms with Crippen LogP contribution in [0.25, 0.3) is 0 Å². The number of carboxylic acid groups (broad SMARTS) is 1. The first-order valence-corrected chi connectivity index (χ1v) is 8.20. The minimum absolute atomic E-state index is 0.0861. The fraction of sp³-hybridized carbons (Fsp3) is 0.556. The van der Waals surface area contributed by atoms with Gasteiger partial charge in [-0.25, -0.2) is 4.79 Å². The Morgan fingerprint density at radius 1 is 1.26 bits per heavy atom. The van der Waals surface area contributed by atoms with Gasteiger partial charge in [-0.3, -0.25) is 4.79 Å². The zero-order valence-corrected chi connectivity index (χ0v) is 13.6. The Balaban J connectivity index is 1.79. The average molecular weight is 317 g/mol. The molecule has 23 heavy (non-hydrogen) atoms. The lowest BCUT2D eigenvalue weighted by atomic mass is 9.94. The van der Waals surface area contributed by atoms with Gasteiger partial charge < -0.3 is 14.7 Å². The van der Waals surface area contributed by atoms with Gasteiger partial charge >= 0.3 is 5.97 Å². The Kier molecular flexibility index (Phi) is 4.28. The molecule has 1 amide bonds. The van der Waals surface area contributed by atoms with Gasteiger partial charge in [0, 0.05) is 6.54 Å². The third-order valence-corrected chi connectivity index (χ3v) is 5.41. The summed E-state index contributed by atoms with van der Waals surface area (Å²) in [5, 5.41) is 9.59. The third-order valence-electron chi connectivity index (χ3n) is 5.41. The quantitative estimate of drug-likeness (QED) is 0.926. The van der Waals surface area contributed by atoms with E-state index in [2.05, 4.69) is 0 Å². The molecule has 5 nitrogen and oxygen atoms in total. The largest absolute Gasteiger partial charge is 0.497 e. The molecule has 0 radical (unpaired) electrons. The van der Waals surface area contributed by atoms with Crippen LogP contribution in [0, 0.1) is 11.8 Å². The second-order valence-corrected chi connectivity index (χ2v) is 6.62. The van der Waals surface area contributed by atoms with Crippen molar-refractivity contribution in [2.24, 2.45) is 11.8 Å². The molecule has 2 fully saturated rings. The molecule has 0 bridgehead atoms. The lowest BCUT2D eigenvalue weighted by Gasteiger charge is -2.27. The van der Waals surface area contributed by atoms with E-state index in [1.54, 1.807) is 12.0 Å². The number of nitrogens with zero attached hydrogens (tertiary/aromatic N) is 1. The van der Waals surface area contributed by atoms with Crippen LogP contribution in [0.2, 0.25) is 0 Å². The maximum absolute atomic E-state index is 12.9. The van der Waals surface area contributed by atoms with Crippen LogP contribution in [0.3, 0.4) is 0 Å². The summed E-state index contributed by atoms with van der Waals surface area (Å²) in [6.45, 7) is 2.43. The summed E-state index contributed by atoms with van der Waals surface area (Å²) in [5.41, 5.74) is 0.886. The monoisotopic (exact) mass is 317 g/mol. The predicted octanol–water partition coefficient (Wildman–Crippen LogP) is 2.51. The molecule has 1 aliphatic heterocycles. The van der Waals surface area contributed by atoms with E-state index in [1.165, 1.54) is 0 Å². The van der Waals surface area contributed by atoms with E-state index in [-0.39, 0.29) is 17.7 Å². The molecule has 0 spiro atoms. The van der Waals surface area contributed by atoms with Gasteiger partial charge in [-0.1, -0.05) is 18.6 Å². The number of carbonyl (C=O) groups excluding carboxylic acids is 1. The molecule has 0 aromatic heterocycles. The van der Waals surface area contributed by atoms with Crippen molar-refractivity contribution in [2.45, 2.75) is 38.1 Å². The summed E-state index contributed by atoms with van der Waals surface area (Å²) >= 11 is 0. The number of rotatable bonds is 4. The van der Waals surface area contributed by atoms with Crippen LogP contribution in [0.15, 0.2) is 24.3 Å². The van der Waals surface area contributed by atoms with Crippen LogP contribution in [0.5, 0.6) is 5.75 Å². The first-order chi connectivity index (χ1) is 11.0. The Morgan fingerprint density at radius 3 is 2.57 bits per heavy atom. The van der Waals surface area contributed by atoms with Gasteiger partial charge in [-0.15, -0.1) is 0 Å². The summed E-state index contributed by atoms with van der Waals surface area (Å²) in [4.78, 5) is 26.2. The molecule has 1 saturated carbocycles. The molecule has 1 aromatic carbocycles. The van der Waals surface area contributed by atoms with Crippen LogP contribution in [-0.4, -0.2) is 41.6 Å². The summed E-state index contributed by atoms with van der Waals surface area (Å²) in [6.07, 6.45) is 3.03. The Morgan fingerprint density at radius 2 is 1.96 bits per heavy atom. The highest BCUT2D eigenvalue weighted by Crippen LogP contribution is 2.43. The van der Waals surface area contributed by atoms with Gasteiger partial charge in [-0.05, 0) is 49.3 Å². The molecule has 1 saturated heterocycles. The minimum Gasteiger partial charge on any atom is -0.497 e. The van der Waals surface area contributed by atoms with Crippen molar-refractivity contribution in [1.29, 1.82) is 0 Å². The van der Waals surface area contributed by atoms with Gasteiger partial charge in [0.1, 0.15) is 11.8 Å². The number of aliphatic carboxylic acids is 1. The SMILES string of the molecule is COc1ccc(C(C)C(=O)N2CC3CCCC3C2C(=O)O)cc1. The first kappa shape index (κ1) is 15.8. The van der Waals surface area contributed by atoms with Crippen LogP contribution in [-0.2, 0) is 9.59 Å². The molecular formula is C18H23NO4. The number of methoxy groups -OCH3 is 1. The molecule has 1 aliphatic carbocycles. The molecule has 3 rings (SSSR count). The number of ether oxygens (including phenoxy) is 1. The van der Waals surface area contributed by atoms with E-state index in [0.717, 1.165) is 30.6 Å². The number of carboxylic acids is 1. The third kappa shape index (κ3) is 2.80. The van der Waals surface area contributed by atoms with Gasteiger partial charge in [0.25, 0.3) is 0 Å². The van der Waals surface area contributed by atoms with Gasteiger partial charge in [-0.2, -0.15) is 0 Å². The molecule has 4 unspecified atom stereocenters. The van der Waals surface area contributed by atoms with Gasteiger partial charge in [0.2, 0.25) is 5.91 Å². The lowest BCUT2D eigenvalue weighted by molar-refractivity contribution is -0.150. The fourth-order valence-electron chi connectivity index (χ4n) is 4.13. The highest BCUT2D eigenvalue weighted by molar-refractivity contribution is 5.88. The normalized spacial score (nSPS) is 27.6. The number of amides is 1. The molecule has 1 aromatic rings. The number of hydrogen-bond donors (Lipinski definition) is 1. The van der Waals surface area contributed by atoms with Gasteiger partial charge in [0.15, 0.2) is 0 Å². The molecule has 2 aliphatic rings. The van der Waals surface area contributed by atoms with Crippen molar-refractivity contribution in [2.75, 3.05) is 13.7 Å². The van der Waals surface area contributed by atoms with Crippen molar-refractivity contribution in [3.8, 4) is 5.75 Å². The standard InChI is InChI=1S/C18H23NO4/c1-11(12-6-8-14(23-2)9-7-12)17(20)19-10-13-4-3-5-15(13)16(19)18(21)22/h6-9,11,13,15-16H,3-5,10H2,1-2H3,(H,21,22). The van der Waals surface area contributed by atoms with E-state index in [4.69, 9.17) is 4.74 Å². The summed E-state index contributed by atoms with van der Waals surface area (Å²) < 4.78 is 5.13. The van der Waals surface area contributed by atoms with E-state index in [0.29, 0.717) is 12.5 Å². The first-order valence-electron chi connectivity index (χ1n) is 8.20. The van der Waals surface area contributed by atoms with Crippen molar-refractivity contribution >= 4 is 11.9 Å². The van der Waals surface area contributed by atoms with E-state index >= 15 is 0 Å². The van der Waals surface area contributed by atoms with Crippen molar-refractivity contribution in [3.63, 3.8) is 0 Å². The smallest absolute Gasteiger partial charge is 0.326 e. The second-order valence-electron chi connectivity index (χ2n) is 6.62. The van der Waals surface area contributed by atoms with E-state index in [9.17, 15) is 14.7 Å². The van der Waals surface area contributed by atoms with E-state index < -0.39 is 12.0 Å². The van der Waals surface area contributed by atoms with Crippen LogP contribution >= 0.6 is 0 Å². The van der Waals surface area contributed by atoms with Crippen molar-refractivity contribution in [3.05, 3.63) is 29.8 Å². The Labute approximate surface area is 136 Å². The molecule has 5 heteroatoms. The number of fused-ring (bicyclic) bond motifs is 1. The average Bonchev–Trinajstić information content (AvgIpc) is 3.13. The van der Waals surface area contributed by atoms with Crippen molar-refractivity contribution in [1.82, 2.24) is 4.90 Å². The van der Waals surface area contributed by atoms with Crippen LogP contribution < -0.4 is 4.74 Å². The molecule has 4 atom stereocenters. The number of hydrogen-bond acceptors (Lipinski definition) is 3. The second kappa shape index (κ2) is 6.22. The number of benzene rings is 1. The van der Waals surface area contributed by atoms with Gasteiger partial charge in [0.05, 0.1) is 13.0 Å². The molecular weight excluding hydrogens is 294 g/mol. The molecule has 124 valence electrons. The molecule has 1 heterocycles. The predicted molar refractivity (Wildman–Crippen MR) is 85.4 cm³/mol. The van der Waals surface area contributed by atoms with E-state index in [1.807, 2.05) is 31.2 Å². The zero-order valence-electron chi connectivity index (χ0n) is 13.6. The summed E-state index contributed by atoms with van der Waals surface area (Å²) in [5.74, 6) is -0.0802. The number of carbonyl (C=O) groups is 2.